The number of rotatable bonds is 7. The van der Waals surface area contributed by atoms with Gasteiger partial charge < -0.3 is 10.4 Å². The Morgan fingerprint density at radius 3 is 2.52 bits per heavy atom. The van der Waals surface area contributed by atoms with Gasteiger partial charge in [-0.25, -0.2) is 4.39 Å². The van der Waals surface area contributed by atoms with E-state index in [1.54, 1.807) is 39.0 Å². The summed E-state index contributed by atoms with van der Waals surface area (Å²) in [5.41, 5.74) is -0.413. The Morgan fingerprint density at radius 2 is 1.95 bits per heavy atom. The third-order valence-corrected chi connectivity index (χ3v) is 3.54. The number of hydrogen-bond acceptors (Lipinski definition) is 2. The summed E-state index contributed by atoms with van der Waals surface area (Å²) in [4.78, 5) is 22.9. The van der Waals surface area contributed by atoms with Crippen molar-refractivity contribution in [2.45, 2.75) is 33.6 Å². The first-order valence-electron chi connectivity index (χ1n) is 6.98. The van der Waals surface area contributed by atoms with Crippen LogP contribution in [-0.4, -0.2) is 23.5 Å². The molecule has 0 radical (unpaired) electrons. The second kappa shape index (κ2) is 7.20. The predicted octanol–water partition coefficient (Wildman–Crippen LogP) is 2.62. The smallest absolute Gasteiger partial charge is 0.310 e. The molecule has 116 valence electrons. The number of aryl methyl sites for hydroxylation is 1. The molecule has 0 saturated carbocycles. The summed E-state index contributed by atoms with van der Waals surface area (Å²) >= 11 is 0. The van der Waals surface area contributed by atoms with Crippen molar-refractivity contribution in [3.8, 4) is 0 Å². The third kappa shape index (κ3) is 5.17. The lowest BCUT2D eigenvalue weighted by Crippen LogP contribution is -2.40. The van der Waals surface area contributed by atoms with Crippen molar-refractivity contribution in [2.75, 3.05) is 6.54 Å². The van der Waals surface area contributed by atoms with Gasteiger partial charge in [0.15, 0.2) is 0 Å². The van der Waals surface area contributed by atoms with Crippen molar-refractivity contribution in [3.05, 3.63) is 35.6 Å². The Morgan fingerprint density at radius 1 is 1.33 bits per heavy atom. The van der Waals surface area contributed by atoms with Gasteiger partial charge in [-0.1, -0.05) is 25.1 Å². The number of benzene rings is 1. The number of amides is 1. The molecule has 0 bridgehead atoms. The number of carboxylic acids is 1. The Kier molecular flexibility index (Phi) is 5.88. The van der Waals surface area contributed by atoms with Gasteiger partial charge >= 0.3 is 5.97 Å². The SMILES string of the molecule is CC(CCc1ccccc1F)C(=O)NCC(C)(C)C(=O)O. The minimum atomic E-state index is -0.999. The second-order valence-corrected chi connectivity index (χ2v) is 5.94. The van der Waals surface area contributed by atoms with Crippen molar-refractivity contribution in [1.82, 2.24) is 5.32 Å². The fourth-order valence-corrected chi connectivity index (χ4v) is 1.76. The van der Waals surface area contributed by atoms with E-state index >= 15 is 0 Å². The van der Waals surface area contributed by atoms with E-state index in [0.29, 0.717) is 18.4 Å². The zero-order valence-electron chi connectivity index (χ0n) is 12.6. The zero-order chi connectivity index (χ0) is 16.0. The molecule has 1 aromatic carbocycles. The van der Waals surface area contributed by atoms with Crippen LogP contribution in [0.15, 0.2) is 24.3 Å². The first-order valence-corrected chi connectivity index (χ1v) is 6.98. The van der Waals surface area contributed by atoms with E-state index in [0.717, 1.165) is 0 Å². The Bertz CT molecular complexity index is 514. The van der Waals surface area contributed by atoms with Crippen LogP contribution in [0, 0.1) is 17.2 Å². The van der Waals surface area contributed by atoms with Gasteiger partial charge in [0.1, 0.15) is 5.82 Å². The van der Waals surface area contributed by atoms with Gasteiger partial charge in [-0.2, -0.15) is 0 Å². The van der Waals surface area contributed by atoms with Gasteiger partial charge in [0.05, 0.1) is 5.41 Å². The molecule has 21 heavy (non-hydrogen) atoms. The highest BCUT2D eigenvalue weighted by atomic mass is 19.1. The van der Waals surface area contributed by atoms with Gasteiger partial charge in [0.2, 0.25) is 5.91 Å². The van der Waals surface area contributed by atoms with Crippen LogP contribution in [0.3, 0.4) is 0 Å². The van der Waals surface area contributed by atoms with Gasteiger partial charge in [0.25, 0.3) is 0 Å². The number of carbonyl (C=O) groups excluding carboxylic acids is 1. The van der Waals surface area contributed by atoms with E-state index in [9.17, 15) is 14.0 Å². The van der Waals surface area contributed by atoms with Crippen molar-refractivity contribution in [1.29, 1.82) is 0 Å². The number of carboxylic acid groups (broad SMARTS) is 1. The molecule has 0 aliphatic rings. The molecule has 5 heteroatoms. The minimum Gasteiger partial charge on any atom is -0.481 e. The molecule has 1 atom stereocenters. The highest BCUT2D eigenvalue weighted by Gasteiger charge is 2.28. The van der Waals surface area contributed by atoms with Gasteiger partial charge in [-0.05, 0) is 38.3 Å². The molecule has 4 nitrogen and oxygen atoms in total. The van der Waals surface area contributed by atoms with Crippen molar-refractivity contribution in [2.24, 2.45) is 11.3 Å². The van der Waals surface area contributed by atoms with E-state index in [4.69, 9.17) is 5.11 Å². The lowest BCUT2D eigenvalue weighted by Gasteiger charge is -2.21. The summed E-state index contributed by atoms with van der Waals surface area (Å²) in [7, 11) is 0. The molecule has 0 aliphatic carbocycles. The molecule has 2 N–H and O–H groups in total. The maximum absolute atomic E-state index is 13.5. The summed E-state index contributed by atoms with van der Waals surface area (Å²) in [5.74, 6) is -1.73. The van der Waals surface area contributed by atoms with E-state index in [-0.39, 0.29) is 24.2 Å². The fraction of sp³-hybridized carbons (Fsp3) is 0.500. The van der Waals surface area contributed by atoms with Crippen LogP contribution in [0.5, 0.6) is 0 Å². The molecule has 0 spiro atoms. The standard InChI is InChI=1S/C16H22FNO3/c1-11(8-9-12-6-4-5-7-13(12)17)14(19)18-10-16(2,3)15(20)21/h4-7,11H,8-10H2,1-3H3,(H,18,19)(H,20,21). The monoisotopic (exact) mass is 295 g/mol. The number of nitrogens with one attached hydrogen (secondary N) is 1. The van der Waals surface area contributed by atoms with E-state index in [2.05, 4.69) is 5.32 Å². The largest absolute Gasteiger partial charge is 0.481 e. The summed E-state index contributed by atoms with van der Waals surface area (Å²) in [6.45, 7) is 4.94. The Labute approximate surface area is 124 Å². The fourth-order valence-electron chi connectivity index (χ4n) is 1.76. The van der Waals surface area contributed by atoms with E-state index < -0.39 is 11.4 Å². The van der Waals surface area contributed by atoms with Gasteiger partial charge in [-0.15, -0.1) is 0 Å². The van der Waals surface area contributed by atoms with Crippen LogP contribution in [0.4, 0.5) is 4.39 Å². The molecular weight excluding hydrogens is 273 g/mol. The molecule has 0 aromatic heterocycles. The number of aliphatic carboxylic acids is 1. The topological polar surface area (TPSA) is 66.4 Å². The quantitative estimate of drug-likeness (QED) is 0.812. The molecule has 0 fully saturated rings. The van der Waals surface area contributed by atoms with E-state index in [1.807, 2.05) is 0 Å². The lowest BCUT2D eigenvalue weighted by molar-refractivity contribution is -0.146. The summed E-state index contributed by atoms with van der Waals surface area (Å²) < 4.78 is 13.5. The normalized spacial score (nSPS) is 12.8. The highest BCUT2D eigenvalue weighted by Crippen LogP contribution is 2.15. The maximum Gasteiger partial charge on any atom is 0.310 e. The lowest BCUT2D eigenvalue weighted by atomic mass is 9.93. The number of carbonyl (C=O) groups is 2. The summed E-state index contributed by atoms with van der Waals surface area (Å²) in [6.07, 6.45) is 0.990. The summed E-state index contributed by atoms with van der Waals surface area (Å²) in [6, 6.07) is 6.49. The Hall–Kier alpha value is -1.91. The molecule has 0 saturated heterocycles. The molecule has 0 heterocycles. The highest BCUT2D eigenvalue weighted by molar-refractivity contribution is 5.80. The average molecular weight is 295 g/mol. The maximum atomic E-state index is 13.5. The Balaban J connectivity index is 2.45. The van der Waals surface area contributed by atoms with Crippen molar-refractivity contribution < 1.29 is 19.1 Å². The number of halogens is 1. The van der Waals surface area contributed by atoms with Gasteiger partial charge in [-0.3, -0.25) is 9.59 Å². The third-order valence-electron chi connectivity index (χ3n) is 3.54. The molecule has 1 aromatic rings. The average Bonchev–Trinajstić information content (AvgIpc) is 2.43. The van der Waals surface area contributed by atoms with Crippen LogP contribution in [0.25, 0.3) is 0 Å². The van der Waals surface area contributed by atoms with E-state index in [1.165, 1.54) is 6.07 Å². The minimum absolute atomic E-state index is 0.0746. The molecule has 1 unspecified atom stereocenters. The van der Waals surface area contributed by atoms with Gasteiger partial charge in [0, 0.05) is 12.5 Å². The first kappa shape index (κ1) is 17.1. The molecular formula is C16H22FNO3. The van der Waals surface area contributed by atoms with Crippen LogP contribution in [-0.2, 0) is 16.0 Å². The van der Waals surface area contributed by atoms with Crippen molar-refractivity contribution in [3.63, 3.8) is 0 Å². The van der Waals surface area contributed by atoms with Crippen LogP contribution >= 0.6 is 0 Å². The van der Waals surface area contributed by atoms with Crippen molar-refractivity contribution >= 4 is 11.9 Å². The number of hydrogen-bond donors (Lipinski definition) is 2. The predicted molar refractivity (Wildman–Crippen MR) is 78.3 cm³/mol. The summed E-state index contributed by atoms with van der Waals surface area (Å²) in [5, 5.41) is 11.6. The molecule has 1 amide bonds. The zero-order valence-corrected chi connectivity index (χ0v) is 12.6. The van der Waals surface area contributed by atoms with Crippen LogP contribution < -0.4 is 5.32 Å². The molecule has 1 rings (SSSR count). The van der Waals surface area contributed by atoms with Crippen LogP contribution in [0.1, 0.15) is 32.8 Å². The molecule has 0 aliphatic heterocycles. The van der Waals surface area contributed by atoms with Crippen LogP contribution in [0.2, 0.25) is 0 Å². The second-order valence-electron chi connectivity index (χ2n) is 5.94. The first-order chi connectivity index (χ1) is 9.74.